The molecule has 0 aromatic heterocycles. The minimum atomic E-state index is -3.61. The fourth-order valence-corrected chi connectivity index (χ4v) is 4.15. The Morgan fingerprint density at radius 3 is 2.28 bits per heavy atom. The first-order valence-corrected chi connectivity index (χ1v) is 12.7. The van der Waals surface area contributed by atoms with Crippen molar-refractivity contribution < 1.29 is 32.2 Å². The number of esters is 2. The summed E-state index contributed by atoms with van der Waals surface area (Å²) in [6.07, 6.45) is 2.24. The Hall–Kier alpha value is -2.13. The van der Waals surface area contributed by atoms with Crippen LogP contribution < -0.4 is 9.46 Å². The minimum Gasteiger partial charge on any atom is -0.494 e. The Bertz CT molecular complexity index is 814. The molecule has 0 saturated heterocycles. The predicted octanol–water partition coefficient (Wildman–Crippen LogP) is 3.38. The Balaban J connectivity index is 2.75. The molecule has 1 atom stereocenters. The zero-order valence-electron chi connectivity index (χ0n) is 19.8. The van der Waals surface area contributed by atoms with Crippen molar-refractivity contribution in [3.8, 4) is 5.75 Å². The summed E-state index contributed by atoms with van der Waals surface area (Å²) in [5.74, 6) is -0.283. The van der Waals surface area contributed by atoms with Gasteiger partial charge in [0.15, 0.2) is 0 Å². The van der Waals surface area contributed by atoms with Crippen molar-refractivity contribution in [1.82, 2.24) is 4.72 Å². The SMILES string of the molecule is CCCCS(=O)(=O)N[C@@H](Cc1ccc(OCCCC(=O)OCC)cc1)C(=O)OC(C)(C)C. The summed E-state index contributed by atoms with van der Waals surface area (Å²) < 4.78 is 43.2. The molecule has 0 fully saturated rings. The highest BCUT2D eigenvalue weighted by Crippen LogP contribution is 2.16. The van der Waals surface area contributed by atoms with E-state index >= 15 is 0 Å². The fourth-order valence-electron chi connectivity index (χ4n) is 2.75. The van der Waals surface area contributed by atoms with Gasteiger partial charge >= 0.3 is 11.9 Å². The van der Waals surface area contributed by atoms with Gasteiger partial charge in [0.2, 0.25) is 10.0 Å². The average molecular weight is 472 g/mol. The van der Waals surface area contributed by atoms with E-state index in [1.807, 2.05) is 6.92 Å². The predicted molar refractivity (Wildman–Crippen MR) is 123 cm³/mol. The van der Waals surface area contributed by atoms with Crippen molar-refractivity contribution in [1.29, 1.82) is 0 Å². The maximum absolute atomic E-state index is 12.6. The Morgan fingerprint density at radius 1 is 1.06 bits per heavy atom. The first-order valence-electron chi connectivity index (χ1n) is 11.1. The summed E-state index contributed by atoms with van der Waals surface area (Å²) in [5.41, 5.74) is 0.0313. The second-order valence-corrected chi connectivity index (χ2v) is 10.4. The number of hydrogen-bond acceptors (Lipinski definition) is 7. The number of nitrogens with one attached hydrogen (secondary N) is 1. The highest BCUT2D eigenvalue weighted by molar-refractivity contribution is 7.89. The molecule has 0 amide bonds. The van der Waals surface area contributed by atoms with Gasteiger partial charge in [-0.25, -0.2) is 13.1 Å². The standard InChI is InChI=1S/C23H37NO7S/c1-6-8-16-32(27,28)24-20(22(26)31-23(3,4)5)17-18-11-13-19(14-12-18)30-15-9-10-21(25)29-7-2/h11-14,20,24H,6-10,15-17H2,1-5H3/t20-/m0/s1. The van der Waals surface area contributed by atoms with Crippen LogP contribution >= 0.6 is 0 Å². The smallest absolute Gasteiger partial charge is 0.325 e. The molecule has 0 spiro atoms. The second kappa shape index (κ2) is 13.4. The first-order chi connectivity index (χ1) is 15.0. The lowest BCUT2D eigenvalue weighted by molar-refractivity contribution is -0.157. The van der Waals surface area contributed by atoms with Crippen LogP contribution in [0.15, 0.2) is 24.3 Å². The van der Waals surface area contributed by atoms with Crippen molar-refractivity contribution in [2.45, 2.75) is 78.4 Å². The zero-order chi connectivity index (χ0) is 24.2. The zero-order valence-corrected chi connectivity index (χ0v) is 20.6. The third-order valence-corrected chi connectivity index (χ3v) is 5.71. The minimum absolute atomic E-state index is 0.0403. The van der Waals surface area contributed by atoms with E-state index in [0.29, 0.717) is 38.2 Å². The summed E-state index contributed by atoms with van der Waals surface area (Å²) >= 11 is 0. The van der Waals surface area contributed by atoms with E-state index in [4.69, 9.17) is 14.2 Å². The van der Waals surface area contributed by atoms with E-state index in [1.54, 1.807) is 52.0 Å². The molecule has 9 heteroatoms. The average Bonchev–Trinajstić information content (AvgIpc) is 2.69. The van der Waals surface area contributed by atoms with Crippen LogP contribution in [0.1, 0.15) is 65.9 Å². The van der Waals surface area contributed by atoms with E-state index in [-0.39, 0.29) is 18.1 Å². The van der Waals surface area contributed by atoms with Crippen molar-refractivity contribution in [3.05, 3.63) is 29.8 Å². The number of sulfonamides is 1. The number of benzene rings is 1. The van der Waals surface area contributed by atoms with Gasteiger partial charge < -0.3 is 14.2 Å². The molecule has 8 nitrogen and oxygen atoms in total. The van der Waals surface area contributed by atoms with Gasteiger partial charge in [0, 0.05) is 6.42 Å². The molecule has 1 rings (SSSR count). The van der Waals surface area contributed by atoms with Gasteiger partial charge in [-0.05, 0) is 64.7 Å². The van der Waals surface area contributed by atoms with Gasteiger partial charge in [-0.3, -0.25) is 9.59 Å². The lowest BCUT2D eigenvalue weighted by Crippen LogP contribution is -2.46. The van der Waals surface area contributed by atoms with E-state index in [2.05, 4.69) is 4.72 Å². The molecule has 0 aliphatic rings. The normalized spacial score (nSPS) is 12.8. The van der Waals surface area contributed by atoms with Crippen molar-refractivity contribution in [2.75, 3.05) is 19.0 Å². The topological polar surface area (TPSA) is 108 Å². The quantitative estimate of drug-likeness (QED) is 0.327. The van der Waals surface area contributed by atoms with Gasteiger partial charge in [-0.2, -0.15) is 0 Å². The number of carbonyl (C=O) groups excluding carboxylic acids is 2. The number of rotatable bonds is 14. The lowest BCUT2D eigenvalue weighted by atomic mass is 10.1. The Morgan fingerprint density at radius 2 is 1.72 bits per heavy atom. The largest absolute Gasteiger partial charge is 0.494 e. The van der Waals surface area contributed by atoms with Crippen LogP contribution in [0.4, 0.5) is 0 Å². The van der Waals surface area contributed by atoms with E-state index < -0.39 is 27.6 Å². The highest BCUT2D eigenvalue weighted by atomic mass is 32.2. The number of ether oxygens (including phenoxy) is 3. The summed E-state index contributed by atoms with van der Waals surface area (Å²) in [5, 5.41) is 0. The first kappa shape index (κ1) is 27.9. The molecule has 1 aromatic carbocycles. The molecule has 0 unspecified atom stereocenters. The summed E-state index contributed by atoms with van der Waals surface area (Å²) in [7, 11) is -3.61. The molecule has 0 bridgehead atoms. The van der Waals surface area contributed by atoms with Gasteiger partial charge in [-0.15, -0.1) is 0 Å². The third-order valence-electron chi connectivity index (χ3n) is 4.24. The molecular weight excluding hydrogens is 434 g/mol. The lowest BCUT2D eigenvalue weighted by Gasteiger charge is -2.24. The van der Waals surface area contributed by atoms with Crippen molar-refractivity contribution in [2.24, 2.45) is 0 Å². The van der Waals surface area contributed by atoms with Gasteiger partial charge in [-0.1, -0.05) is 25.5 Å². The van der Waals surface area contributed by atoms with E-state index in [0.717, 1.165) is 12.0 Å². The van der Waals surface area contributed by atoms with Crippen LogP contribution in [0.25, 0.3) is 0 Å². The molecule has 1 aromatic rings. The third kappa shape index (κ3) is 12.0. The Kier molecular flexibility index (Phi) is 11.7. The Labute approximate surface area is 192 Å². The van der Waals surface area contributed by atoms with Crippen molar-refractivity contribution in [3.63, 3.8) is 0 Å². The number of unbranched alkanes of at least 4 members (excludes halogenated alkanes) is 1. The van der Waals surface area contributed by atoms with Crippen LogP contribution in [0.2, 0.25) is 0 Å². The van der Waals surface area contributed by atoms with Gasteiger partial charge in [0.25, 0.3) is 0 Å². The summed E-state index contributed by atoms with van der Waals surface area (Å²) in [4.78, 5) is 24.0. The van der Waals surface area contributed by atoms with Gasteiger partial charge in [0.05, 0.1) is 19.0 Å². The van der Waals surface area contributed by atoms with Crippen LogP contribution in [0, 0.1) is 0 Å². The van der Waals surface area contributed by atoms with Crippen LogP contribution in [-0.4, -0.2) is 51.0 Å². The maximum atomic E-state index is 12.6. The molecule has 1 N–H and O–H groups in total. The molecule has 0 radical (unpaired) electrons. The van der Waals surface area contributed by atoms with E-state index in [9.17, 15) is 18.0 Å². The molecule has 0 heterocycles. The molecule has 182 valence electrons. The number of carbonyl (C=O) groups is 2. The molecular formula is C23H37NO7S. The van der Waals surface area contributed by atoms with Crippen LogP contribution in [0.5, 0.6) is 5.75 Å². The monoisotopic (exact) mass is 471 g/mol. The summed E-state index contributed by atoms with van der Waals surface area (Å²) in [6, 6.07) is 6.03. The van der Waals surface area contributed by atoms with Crippen LogP contribution in [0.3, 0.4) is 0 Å². The molecule has 0 saturated carbocycles. The molecule has 0 aliphatic heterocycles. The fraction of sp³-hybridized carbons (Fsp3) is 0.652. The molecule has 0 aliphatic carbocycles. The summed E-state index contributed by atoms with van der Waals surface area (Å²) in [6.45, 7) is 9.61. The number of hydrogen-bond donors (Lipinski definition) is 1. The van der Waals surface area contributed by atoms with E-state index in [1.165, 1.54) is 0 Å². The van der Waals surface area contributed by atoms with Crippen LogP contribution in [-0.2, 0) is 35.5 Å². The van der Waals surface area contributed by atoms with Gasteiger partial charge in [0.1, 0.15) is 17.4 Å². The molecule has 32 heavy (non-hydrogen) atoms. The maximum Gasteiger partial charge on any atom is 0.325 e. The second-order valence-electron chi connectivity index (χ2n) is 8.48. The highest BCUT2D eigenvalue weighted by Gasteiger charge is 2.29. The van der Waals surface area contributed by atoms with Crippen molar-refractivity contribution >= 4 is 22.0 Å².